The molecule has 0 fully saturated rings. The van der Waals surface area contributed by atoms with E-state index in [2.05, 4.69) is 4.98 Å². The van der Waals surface area contributed by atoms with Crippen molar-refractivity contribution in [1.82, 2.24) is 9.88 Å². The number of fused-ring (bicyclic) bond motifs is 2. The summed E-state index contributed by atoms with van der Waals surface area (Å²) in [7, 11) is 0. The largest absolute Gasteiger partial charge is 0.387 e. The predicted octanol–water partition coefficient (Wildman–Crippen LogP) is 2.33. The number of carbonyl (C=O) groups is 1. The van der Waals surface area contributed by atoms with Crippen molar-refractivity contribution in [2.45, 2.75) is 32.9 Å². The zero-order valence-electron chi connectivity index (χ0n) is 11.8. The van der Waals surface area contributed by atoms with Crippen molar-refractivity contribution < 1.29 is 9.90 Å². The minimum Gasteiger partial charge on any atom is -0.387 e. The Morgan fingerprint density at radius 2 is 2.15 bits per heavy atom. The van der Waals surface area contributed by atoms with Gasteiger partial charge in [-0.1, -0.05) is 18.2 Å². The van der Waals surface area contributed by atoms with Gasteiger partial charge >= 0.3 is 0 Å². The van der Waals surface area contributed by atoms with Crippen LogP contribution in [0.25, 0.3) is 10.9 Å². The fraction of sp³-hybridized carbons (Fsp3) is 0.375. The number of carbonyl (C=O) groups excluding carboxylic acids is 1. The van der Waals surface area contributed by atoms with Gasteiger partial charge in [0.2, 0.25) is 5.91 Å². The highest BCUT2D eigenvalue weighted by molar-refractivity contribution is 5.83. The second-order valence-electron chi connectivity index (χ2n) is 5.36. The Balaban J connectivity index is 2.22. The first-order chi connectivity index (χ1) is 9.58. The van der Waals surface area contributed by atoms with Gasteiger partial charge in [-0.15, -0.1) is 0 Å². The van der Waals surface area contributed by atoms with E-state index in [0.29, 0.717) is 19.5 Å². The van der Waals surface area contributed by atoms with E-state index in [1.807, 2.05) is 31.2 Å². The number of hydrogen-bond donors (Lipinski definition) is 1. The van der Waals surface area contributed by atoms with Gasteiger partial charge in [-0.2, -0.15) is 0 Å². The topological polar surface area (TPSA) is 53.4 Å². The van der Waals surface area contributed by atoms with Crippen LogP contribution < -0.4 is 0 Å². The van der Waals surface area contributed by atoms with E-state index in [1.165, 1.54) is 0 Å². The molecule has 1 aliphatic heterocycles. The summed E-state index contributed by atoms with van der Waals surface area (Å²) in [6.07, 6.45) is -0.0603. The van der Waals surface area contributed by atoms with E-state index in [0.717, 1.165) is 27.7 Å². The summed E-state index contributed by atoms with van der Waals surface area (Å²) in [5, 5.41) is 11.4. The molecule has 4 heteroatoms. The van der Waals surface area contributed by atoms with Gasteiger partial charge < -0.3 is 10.0 Å². The number of amides is 1. The lowest BCUT2D eigenvalue weighted by molar-refractivity contribution is -0.129. The van der Waals surface area contributed by atoms with Crippen LogP contribution in [0.4, 0.5) is 0 Å². The molecule has 0 saturated carbocycles. The average molecular weight is 270 g/mol. The molecule has 20 heavy (non-hydrogen) atoms. The Labute approximate surface area is 118 Å². The molecule has 1 atom stereocenters. The maximum absolute atomic E-state index is 11.7. The Hall–Kier alpha value is -1.94. The molecule has 0 aliphatic carbocycles. The lowest BCUT2D eigenvalue weighted by Gasteiger charge is -2.20. The van der Waals surface area contributed by atoms with Crippen molar-refractivity contribution in [2.75, 3.05) is 6.54 Å². The number of aliphatic hydroxyl groups is 1. The number of aliphatic hydroxyl groups excluding tert-OH is 1. The first kappa shape index (κ1) is 13.1. The van der Waals surface area contributed by atoms with Gasteiger partial charge in [0.25, 0.3) is 0 Å². The van der Waals surface area contributed by atoms with Crippen LogP contribution in [0.2, 0.25) is 0 Å². The van der Waals surface area contributed by atoms with Crippen LogP contribution in [-0.4, -0.2) is 27.4 Å². The summed E-state index contributed by atoms with van der Waals surface area (Å²) in [6.45, 7) is 4.72. The number of pyridine rings is 1. The first-order valence-corrected chi connectivity index (χ1v) is 6.89. The predicted molar refractivity (Wildman–Crippen MR) is 77.1 cm³/mol. The Kier molecular flexibility index (Phi) is 3.18. The number of rotatable bonds is 0. The average Bonchev–Trinajstić information content (AvgIpc) is 2.60. The third-order valence-corrected chi connectivity index (χ3v) is 4.09. The van der Waals surface area contributed by atoms with Gasteiger partial charge in [0.15, 0.2) is 0 Å². The third-order valence-electron chi connectivity index (χ3n) is 4.09. The monoisotopic (exact) mass is 270 g/mol. The first-order valence-electron chi connectivity index (χ1n) is 6.89. The zero-order valence-corrected chi connectivity index (χ0v) is 11.8. The van der Waals surface area contributed by atoms with Crippen LogP contribution in [0.5, 0.6) is 0 Å². The van der Waals surface area contributed by atoms with Gasteiger partial charge in [0.1, 0.15) is 0 Å². The van der Waals surface area contributed by atoms with Crippen LogP contribution in [0.3, 0.4) is 0 Å². The molecular formula is C16H18N2O2. The molecular weight excluding hydrogens is 252 g/mol. The van der Waals surface area contributed by atoms with E-state index in [1.54, 1.807) is 11.8 Å². The van der Waals surface area contributed by atoms with Gasteiger partial charge in [-0.25, -0.2) is 4.98 Å². The van der Waals surface area contributed by atoms with Crippen molar-refractivity contribution >= 4 is 16.8 Å². The van der Waals surface area contributed by atoms with E-state index in [4.69, 9.17) is 0 Å². The smallest absolute Gasteiger partial charge is 0.219 e. The summed E-state index contributed by atoms with van der Waals surface area (Å²) in [5.74, 6) is 0.0395. The number of para-hydroxylation sites is 1. The number of hydrogen-bond acceptors (Lipinski definition) is 3. The lowest BCUT2D eigenvalue weighted by atomic mass is 9.99. The number of benzene rings is 1. The Bertz CT molecular complexity index is 681. The summed E-state index contributed by atoms with van der Waals surface area (Å²) < 4.78 is 0. The van der Waals surface area contributed by atoms with Crippen LogP contribution in [0.15, 0.2) is 24.3 Å². The second-order valence-corrected chi connectivity index (χ2v) is 5.36. The fourth-order valence-corrected chi connectivity index (χ4v) is 2.87. The molecule has 1 N–H and O–H groups in total. The van der Waals surface area contributed by atoms with E-state index < -0.39 is 6.10 Å². The maximum atomic E-state index is 11.7. The number of aryl methyl sites for hydroxylation is 1. The van der Waals surface area contributed by atoms with Gasteiger partial charge in [-0.3, -0.25) is 4.79 Å². The molecule has 0 spiro atoms. The highest BCUT2D eigenvalue weighted by Gasteiger charge is 2.25. The van der Waals surface area contributed by atoms with Crippen LogP contribution >= 0.6 is 0 Å². The van der Waals surface area contributed by atoms with Crippen molar-refractivity contribution in [3.63, 3.8) is 0 Å². The molecule has 0 radical (unpaired) electrons. The molecule has 1 unspecified atom stereocenters. The molecule has 1 aromatic carbocycles. The standard InChI is InChI=1S/C16H18N2O2/c1-10-12-5-3-4-6-14(12)17-16-13(10)9-18(11(2)19)8-7-15(16)20/h3-6,15,20H,7-9H2,1-2H3. The fourth-order valence-electron chi connectivity index (χ4n) is 2.87. The summed E-state index contributed by atoms with van der Waals surface area (Å²) in [6, 6.07) is 7.93. The van der Waals surface area contributed by atoms with Crippen molar-refractivity contribution in [3.8, 4) is 0 Å². The highest BCUT2D eigenvalue weighted by atomic mass is 16.3. The summed E-state index contributed by atoms with van der Waals surface area (Å²) in [4.78, 5) is 18.1. The van der Waals surface area contributed by atoms with Crippen molar-refractivity contribution in [1.29, 1.82) is 0 Å². The summed E-state index contributed by atoms with van der Waals surface area (Å²) >= 11 is 0. The molecule has 4 nitrogen and oxygen atoms in total. The zero-order chi connectivity index (χ0) is 14.3. The van der Waals surface area contributed by atoms with E-state index >= 15 is 0 Å². The molecule has 104 valence electrons. The van der Waals surface area contributed by atoms with Crippen LogP contribution in [0, 0.1) is 6.92 Å². The normalized spacial score (nSPS) is 18.8. The SMILES string of the molecule is CC(=O)N1CCC(O)c2nc3ccccc3c(C)c2C1. The van der Waals surface area contributed by atoms with Gasteiger partial charge in [-0.05, 0) is 30.5 Å². The van der Waals surface area contributed by atoms with Gasteiger partial charge in [0, 0.05) is 25.4 Å². The van der Waals surface area contributed by atoms with Crippen molar-refractivity contribution in [3.05, 3.63) is 41.1 Å². The molecule has 1 aromatic heterocycles. The van der Waals surface area contributed by atoms with E-state index in [-0.39, 0.29) is 5.91 Å². The highest BCUT2D eigenvalue weighted by Crippen LogP contribution is 2.31. The summed E-state index contributed by atoms with van der Waals surface area (Å²) in [5.41, 5.74) is 3.73. The minimum atomic E-state index is -0.599. The number of aromatic nitrogens is 1. The maximum Gasteiger partial charge on any atom is 0.219 e. The van der Waals surface area contributed by atoms with Crippen LogP contribution in [-0.2, 0) is 11.3 Å². The Morgan fingerprint density at radius 1 is 1.40 bits per heavy atom. The minimum absolute atomic E-state index is 0.0395. The molecule has 1 amide bonds. The van der Waals surface area contributed by atoms with Gasteiger partial charge in [0.05, 0.1) is 17.3 Å². The van der Waals surface area contributed by atoms with E-state index in [9.17, 15) is 9.90 Å². The third kappa shape index (κ3) is 2.06. The van der Waals surface area contributed by atoms with Crippen molar-refractivity contribution in [2.24, 2.45) is 0 Å². The Morgan fingerprint density at radius 3 is 2.90 bits per heavy atom. The molecule has 0 saturated heterocycles. The molecule has 2 heterocycles. The lowest BCUT2D eigenvalue weighted by Crippen LogP contribution is -2.28. The van der Waals surface area contributed by atoms with Crippen LogP contribution in [0.1, 0.15) is 36.3 Å². The molecule has 2 aromatic rings. The molecule has 3 rings (SSSR count). The second kappa shape index (κ2) is 4.87. The molecule has 0 bridgehead atoms. The quantitative estimate of drug-likeness (QED) is 0.799. The molecule has 1 aliphatic rings. The number of nitrogens with zero attached hydrogens (tertiary/aromatic N) is 2.